The van der Waals surface area contributed by atoms with E-state index in [1.54, 1.807) is 25.4 Å². The normalized spacial score (nSPS) is 10.3. The van der Waals surface area contributed by atoms with Gasteiger partial charge in [-0.3, -0.25) is 9.59 Å². The maximum atomic E-state index is 11.7. The molecular formula is C13H13N3O2. The van der Waals surface area contributed by atoms with Gasteiger partial charge >= 0.3 is 0 Å². The van der Waals surface area contributed by atoms with Crippen LogP contribution in [0.1, 0.15) is 10.4 Å². The van der Waals surface area contributed by atoms with Crippen molar-refractivity contribution in [3.63, 3.8) is 0 Å². The maximum absolute atomic E-state index is 11.7. The molecule has 0 radical (unpaired) electrons. The average Bonchev–Trinajstić information content (AvgIpc) is 2.33. The summed E-state index contributed by atoms with van der Waals surface area (Å²) >= 11 is 0. The van der Waals surface area contributed by atoms with E-state index in [1.165, 1.54) is 10.6 Å². The van der Waals surface area contributed by atoms with Crippen molar-refractivity contribution >= 4 is 11.6 Å². The van der Waals surface area contributed by atoms with Crippen molar-refractivity contribution in [1.82, 2.24) is 4.57 Å². The molecule has 4 N–H and O–H groups in total. The molecule has 0 fully saturated rings. The quantitative estimate of drug-likeness (QED) is 0.762. The van der Waals surface area contributed by atoms with Crippen LogP contribution in [0.3, 0.4) is 0 Å². The SMILES string of the molecule is Cn1cc(-c2ccc(N)cc2)cc(C(N)=O)c1=O. The topological polar surface area (TPSA) is 91.1 Å². The summed E-state index contributed by atoms with van der Waals surface area (Å²) in [7, 11) is 1.58. The zero-order chi connectivity index (χ0) is 13.3. The van der Waals surface area contributed by atoms with E-state index < -0.39 is 11.5 Å². The summed E-state index contributed by atoms with van der Waals surface area (Å²) in [5.41, 5.74) is 12.6. The van der Waals surface area contributed by atoms with Crippen molar-refractivity contribution in [3.05, 3.63) is 52.4 Å². The standard InChI is InChI=1S/C13H13N3O2/c1-16-7-9(6-11(12(15)17)13(16)18)8-2-4-10(14)5-3-8/h2-7H,14H2,1H3,(H2,15,17). The largest absolute Gasteiger partial charge is 0.399 e. The number of anilines is 1. The lowest BCUT2D eigenvalue weighted by Gasteiger charge is -2.07. The van der Waals surface area contributed by atoms with Crippen LogP contribution in [0.2, 0.25) is 0 Å². The molecule has 0 saturated carbocycles. The Kier molecular flexibility index (Phi) is 2.89. The summed E-state index contributed by atoms with van der Waals surface area (Å²) in [4.78, 5) is 22.9. The Morgan fingerprint density at radius 2 is 1.78 bits per heavy atom. The predicted octanol–water partition coefficient (Wildman–Crippen LogP) is 0.733. The minimum atomic E-state index is -0.729. The second-order valence-electron chi connectivity index (χ2n) is 4.04. The molecule has 18 heavy (non-hydrogen) atoms. The van der Waals surface area contributed by atoms with E-state index >= 15 is 0 Å². The maximum Gasteiger partial charge on any atom is 0.263 e. The van der Waals surface area contributed by atoms with Crippen LogP contribution in [0.5, 0.6) is 0 Å². The van der Waals surface area contributed by atoms with Crippen LogP contribution in [0.4, 0.5) is 5.69 Å². The summed E-state index contributed by atoms with van der Waals surface area (Å²) < 4.78 is 1.34. The van der Waals surface area contributed by atoms with E-state index in [4.69, 9.17) is 11.5 Å². The van der Waals surface area contributed by atoms with Crippen LogP contribution in [-0.4, -0.2) is 10.5 Å². The van der Waals surface area contributed by atoms with Crippen molar-refractivity contribution in [1.29, 1.82) is 0 Å². The van der Waals surface area contributed by atoms with Crippen LogP contribution >= 0.6 is 0 Å². The first-order valence-corrected chi connectivity index (χ1v) is 5.35. The molecule has 92 valence electrons. The van der Waals surface area contributed by atoms with Crippen molar-refractivity contribution in [2.24, 2.45) is 12.8 Å². The number of aryl methyl sites for hydroxylation is 1. The smallest absolute Gasteiger partial charge is 0.263 e. The minimum absolute atomic E-state index is 0.0215. The molecule has 0 saturated heterocycles. The number of nitrogens with two attached hydrogens (primary N) is 2. The first-order chi connectivity index (χ1) is 8.49. The highest BCUT2D eigenvalue weighted by Gasteiger charge is 2.10. The number of carbonyl (C=O) groups excluding carboxylic acids is 1. The first-order valence-electron chi connectivity index (χ1n) is 5.35. The molecular weight excluding hydrogens is 230 g/mol. The van der Waals surface area contributed by atoms with Gasteiger partial charge in [0.15, 0.2) is 0 Å². The molecule has 1 aromatic carbocycles. The number of nitrogens with zero attached hydrogens (tertiary/aromatic N) is 1. The summed E-state index contributed by atoms with van der Waals surface area (Å²) in [6.07, 6.45) is 1.65. The second-order valence-corrected chi connectivity index (χ2v) is 4.04. The van der Waals surface area contributed by atoms with Crippen LogP contribution in [0.15, 0.2) is 41.3 Å². The second kappa shape index (κ2) is 4.37. The number of benzene rings is 1. The Balaban J connectivity index is 2.62. The minimum Gasteiger partial charge on any atom is -0.399 e. The predicted molar refractivity (Wildman–Crippen MR) is 70.0 cm³/mol. The van der Waals surface area contributed by atoms with Crippen molar-refractivity contribution in [2.75, 3.05) is 5.73 Å². The molecule has 2 rings (SSSR count). The Hall–Kier alpha value is -2.56. The van der Waals surface area contributed by atoms with Crippen molar-refractivity contribution in [2.45, 2.75) is 0 Å². The molecule has 0 unspecified atom stereocenters. The Morgan fingerprint density at radius 3 is 2.33 bits per heavy atom. The van der Waals surface area contributed by atoms with Gasteiger partial charge in [-0.2, -0.15) is 0 Å². The molecule has 5 heteroatoms. The lowest BCUT2D eigenvalue weighted by molar-refractivity contribution is 0.0998. The number of pyridine rings is 1. The van der Waals surface area contributed by atoms with E-state index in [2.05, 4.69) is 0 Å². The fourth-order valence-electron chi connectivity index (χ4n) is 1.72. The summed E-state index contributed by atoms with van der Waals surface area (Å²) in [5, 5.41) is 0. The van der Waals surface area contributed by atoms with Crippen molar-refractivity contribution < 1.29 is 4.79 Å². The van der Waals surface area contributed by atoms with E-state index in [0.29, 0.717) is 5.69 Å². The molecule has 1 amide bonds. The molecule has 1 heterocycles. The van der Waals surface area contributed by atoms with E-state index in [0.717, 1.165) is 11.1 Å². The van der Waals surface area contributed by atoms with Gasteiger partial charge in [-0.1, -0.05) is 12.1 Å². The van der Waals surface area contributed by atoms with E-state index in [9.17, 15) is 9.59 Å². The molecule has 1 aromatic heterocycles. The van der Waals surface area contributed by atoms with E-state index in [1.807, 2.05) is 12.1 Å². The van der Waals surface area contributed by atoms with Gasteiger partial charge in [0.1, 0.15) is 5.56 Å². The highest BCUT2D eigenvalue weighted by atomic mass is 16.2. The molecule has 2 aromatic rings. The van der Waals surface area contributed by atoms with Crippen LogP contribution in [0.25, 0.3) is 11.1 Å². The van der Waals surface area contributed by atoms with Crippen LogP contribution in [0, 0.1) is 0 Å². The number of aromatic nitrogens is 1. The number of carbonyl (C=O) groups is 1. The van der Waals surface area contributed by atoms with Gasteiger partial charge < -0.3 is 16.0 Å². The lowest BCUT2D eigenvalue weighted by Crippen LogP contribution is -2.27. The third-order valence-electron chi connectivity index (χ3n) is 2.69. The number of nitrogen functional groups attached to an aromatic ring is 1. The molecule has 0 aliphatic carbocycles. The van der Waals surface area contributed by atoms with Crippen LogP contribution in [-0.2, 0) is 7.05 Å². The zero-order valence-corrected chi connectivity index (χ0v) is 9.88. The van der Waals surface area contributed by atoms with E-state index in [-0.39, 0.29) is 5.56 Å². The molecule has 0 spiro atoms. The van der Waals surface area contributed by atoms with Gasteiger partial charge in [0.05, 0.1) is 0 Å². The Labute approximate surface area is 104 Å². The van der Waals surface area contributed by atoms with Crippen molar-refractivity contribution in [3.8, 4) is 11.1 Å². The molecule has 5 nitrogen and oxygen atoms in total. The lowest BCUT2D eigenvalue weighted by atomic mass is 10.1. The fourth-order valence-corrected chi connectivity index (χ4v) is 1.72. The molecule has 0 atom stereocenters. The van der Waals surface area contributed by atoms with Gasteiger partial charge in [-0.25, -0.2) is 0 Å². The number of amides is 1. The summed E-state index contributed by atoms with van der Waals surface area (Å²) in [6, 6.07) is 8.64. The summed E-state index contributed by atoms with van der Waals surface area (Å²) in [6.45, 7) is 0. The Morgan fingerprint density at radius 1 is 1.17 bits per heavy atom. The monoisotopic (exact) mass is 243 g/mol. The molecule has 0 aliphatic rings. The van der Waals surface area contributed by atoms with Gasteiger partial charge in [-0.15, -0.1) is 0 Å². The Bertz CT molecular complexity index is 657. The average molecular weight is 243 g/mol. The first kappa shape index (κ1) is 11.9. The third kappa shape index (κ3) is 2.10. The highest BCUT2D eigenvalue weighted by molar-refractivity contribution is 5.93. The molecule has 0 bridgehead atoms. The highest BCUT2D eigenvalue weighted by Crippen LogP contribution is 2.20. The number of rotatable bonds is 2. The molecule has 0 aliphatic heterocycles. The van der Waals surface area contributed by atoms with Gasteiger partial charge in [0, 0.05) is 18.9 Å². The summed E-state index contributed by atoms with van der Waals surface area (Å²) in [5.74, 6) is -0.729. The fraction of sp³-hybridized carbons (Fsp3) is 0.0769. The van der Waals surface area contributed by atoms with Gasteiger partial charge in [0.2, 0.25) is 0 Å². The third-order valence-corrected chi connectivity index (χ3v) is 2.69. The van der Waals surface area contributed by atoms with Gasteiger partial charge in [0.25, 0.3) is 11.5 Å². The van der Waals surface area contributed by atoms with Gasteiger partial charge in [-0.05, 0) is 29.3 Å². The number of hydrogen-bond donors (Lipinski definition) is 2. The number of hydrogen-bond acceptors (Lipinski definition) is 3. The zero-order valence-electron chi connectivity index (χ0n) is 9.88. The number of primary amides is 1. The van der Waals surface area contributed by atoms with Crippen LogP contribution < -0.4 is 17.0 Å².